The predicted molar refractivity (Wildman–Crippen MR) is 66.8 cm³/mol. The Morgan fingerprint density at radius 3 is 2.78 bits per heavy atom. The van der Waals surface area contributed by atoms with Crippen molar-refractivity contribution in [2.75, 3.05) is 13.2 Å². The fourth-order valence-corrected chi connectivity index (χ4v) is 2.03. The molecule has 1 aromatic carbocycles. The van der Waals surface area contributed by atoms with Crippen molar-refractivity contribution in [1.29, 1.82) is 5.26 Å². The number of nitriles is 1. The molecule has 1 amide bonds. The van der Waals surface area contributed by atoms with Crippen LogP contribution in [0.2, 0.25) is 0 Å². The van der Waals surface area contributed by atoms with E-state index in [9.17, 15) is 4.79 Å². The normalized spacial score (nSPS) is 22.4. The number of rotatable bonds is 3. The Kier molecular flexibility index (Phi) is 3.63. The van der Waals surface area contributed by atoms with Crippen molar-refractivity contribution in [3.8, 4) is 6.07 Å². The van der Waals surface area contributed by atoms with Crippen LogP contribution in [0, 0.1) is 11.3 Å². The van der Waals surface area contributed by atoms with Crippen molar-refractivity contribution in [1.82, 2.24) is 5.32 Å². The molecular weight excluding hydrogens is 228 g/mol. The van der Waals surface area contributed by atoms with Gasteiger partial charge in [-0.3, -0.25) is 4.79 Å². The molecule has 1 fully saturated rings. The molecule has 1 saturated heterocycles. The Morgan fingerprint density at radius 1 is 1.50 bits per heavy atom. The van der Waals surface area contributed by atoms with E-state index in [4.69, 9.17) is 10.00 Å². The average molecular weight is 244 g/mol. The van der Waals surface area contributed by atoms with Crippen molar-refractivity contribution in [2.45, 2.75) is 25.3 Å². The molecule has 1 heterocycles. The Balaban J connectivity index is 1.92. The zero-order valence-electron chi connectivity index (χ0n) is 10.4. The highest BCUT2D eigenvalue weighted by atomic mass is 16.5. The molecule has 4 heteroatoms. The van der Waals surface area contributed by atoms with Gasteiger partial charge in [-0.1, -0.05) is 12.1 Å². The molecule has 94 valence electrons. The third kappa shape index (κ3) is 3.08. The Labute approximate surface area is 107 Å². The van der Waals surface area contributed by atoms with E-state index in [0.717, 1.165) is 12.0 Å². The van der Waals surface area contributed by atoms with Crippen LogP contribution in [0.3, 0.4) is 0 Å². The molecule has 1 aliphatic heterocycles. The van der Waals surface area contributed by atoms with Crippen LogP contribution < -0.4 is 5.32 Å². The highest BCUT2D eigenvalue weighted by molar-refractivity contribution is 5.79. The smallest absolute Gasteiger partial charge is 0.224 e. The molecule has 1 unspecified atom stereocenters. The molecule has 1 N–H and O–H groups in total. The van der Waals surface area contributed by atoms with Gasteiger partial charge < -0.3 is 10.1 Å². The first kappa shape index (κ1) is 12.6. The van der Waals surface area contributed by atoms with Gasteiger partial charge in [0.1, 0.15) is 0 Å². The van der Waals surface area contributed by atoms with E-state index in [-0.39, 0.29) is 11.4 Å². The SMILES string of the molecule is CC1(NC(=O)Cc2ccc(C#N)cc2)CCOC1. The summed E-state index contributed by atoms with van der Waals surface area (Å²) in [6.45, 7) is 3.27. The molecule has 1 atom stereocenters. The van der Waals surface area contributed by atoms with Crippen LogP contribution in [0.1, 0.15) is 24.5 Å². The van der Waals surface area contributed by atoms with Gasteiger partial charge in [0.25, 0.3) is 0 Å². The van der Waals surface area contributed by atoms with Crippen LogP contribution in [0.15, 0.2) is 24.3 Å². The highest BCUT2D eigenvalue weighted by Gasteiger charge is 2.30. The van der Waals surface area contributed by atoms with Gasteiger partial charge >= 0.3 is 0 Å². The summed E-state index contributed by atoms with van der Waals surface area (Å²) >= 11 is 0. The minimum atomic E-state index is -0.232. The molecule has 0 radical (unpaired) electrons. The monoisotopic (exact) mass is 244 g/mol. The molecule has 1 aromatic rings. The molecule has 18 heavy (non-hydrogen) atoms. The number of hydrogen-bond donors (Lipinski definition) is 1. The van der Waals surface area contributed by atoms with Gasteiger partial charge in [0.2, 0.25) is 5.91 Å². The van der Waals surface area contributed by atoms with Crippen LogP contribution in [-0.2, 0) is 16.0 Å². The Bertz CT molecular complexity index is 468. The number of nitrogens with zero attached hydrogens (tertiary/aromatic N) is 1. The number of carbonyl (C=O) groups excluding carboxylic acids is 1. The zero-order valence-corrected chi connectivity index (χ0v) is 10.4. The van der Waals surface area contributed by atoms with Gasteiger partial charge in [-0.05, 0) is 31.0 Å². The van der Waals surface area contributed by atoms with Crippen molar-refractivity contribution in [3.05, 3.63) is 35.4 Å². The number of carbonyl (C=O) groups is 1. The van der Waals surface area contributed by atoms with Crippen LogP contribution in [0.4, 0.5) is 0 Å². The van der Waals surface area contributed by atoms with E-state index in [1.54, 1.807) is 12.1 Å². The van der Waals surface area contributed by atoms with E-state index in [2.05, 4.69) is 11.4 Å². The van der Waals surface area contributed by atoms with Gasteiger partial charge in [0.05, 0.1) is 30.2 Å². The minimum Gasteiger partial charge on any atom is -0.379 e. The Hall–Kier alpha value is -1.86. The fourth-order valence-electron chi connectivity index (χ4n) is 2.03. The lowest BCUT2D eigenvalue weighted by molar-refractivity contribution is -0.122. The van der Waals surface area contributed by atoms with Gasteiger partial charge in [-0.25, -0.2) is 0 Å². The first-order chi connectivity index (χ1) is 8.61. The average Bonchev–Trinajstić information content (AvgIpc) is 2.76. The number of amides is 1. The molecule has 1 aliphatic rings. The van der Waals surface area contributed by atoms with Crippen LogP contribution in [-0.4, -0.2) is 24.7 Å². The van der Waals surface area contributed by atoms with E-state index in [1.807, 2.05) is 19.1 Å². The van der Waals surface area contributed by atoms with E-state index < -0.39 is 0 Å². The summed E-state index contributed by atoms with van der Waals surface area (Å²) in [4.78, 5) is 11.9. The second-order valence-electron chi connectivity index (χ2n) is 4.90. The minimum absolute atomic E-state index is 0.00675. The number of benzene rings is 1. The van der Waals surface area contributed by atoms with Gasteiger partial charge in [0.15, 0.2) is 0 Å². The van der Waals surface area contributed by atoms with Gasteiger partial charge in [-0.15, -0.1) is 0 Å². The lowest BCUT2D eigenvalue weighted by atomic mass is 10.0. The second kappa shape index (κ2) is 5.19. The third-order valence-corrected chi connectivity index (χ3v) is 3.11. The van der Waals surface area contributed by atoms with Crippen molar-refractivity contribution in [3.63, 3.8) is 0 Å². The van der Waals surface area contributed by atoms with Crippen molar-refractivity contribution in [2.24, 2.45) is 0 Å². The predicted octanol–water partition coefficient (Wildman–Crippen LogP) is 1.40. The van der Waals surface area contributed by atoms with E-state index in [0.29, 0.717) is 25.2 Å². The summed E-state index contributed by atoms with van der Waals surface area (Å²) in [7, 11) is 0. The second-order valence-corrected chi connectivity index (χ2v) is 4.90. The standard InChI is InChI=1S/C14H16N2O2/c1-14(6-7-18-10-14)16-13(17)8-11-2-4-12(9-15)5-3-11/h2-5H,6-8,10H2,1H3,(H,16,17). The molecular formula is C14H16N2O2. The summed E-state index contributed by atoms with van der Waals surface area (Å²) in [6, 6.07) is 9.13. The van der Waals surface area contributed by atoms with E-state index in [1.165, 1.54) is 0 Å². The van der Waals surface area contributed by atoms with Crippen LogP contribution in [0.25, 0.3) is 0 Å². The quantitative estimate of drug-likeness (QED) is 0.874. The largest absolute Gasteiger partial charge is 0.379 e. The molecule has 0 bridgehead atoms. The summed E-state index contributed by atoms with van der Waals surface area (Å²) in [5.74, 6) is -0.00675. The maximum absolute atomic E-state index is 11.9. The van der Waals surface area contributed by atoms with E-state index >= 15 is 0 Å². The van der Waals surface area contributed by atoms with Crippen LogP contribution >= 0.6 is 0 Å². The fraction of sp³-hybridized carbons (Fsp3) is 0.429. The molecule has 0 spiro atoms. The lowest BCUT2D eigenvalue weighted by Gasteiger charge is -2.23. The summed E-state index contributed by atoms with van der Waals surface area (Å²) in [5, 5.41) is 11.7. The molecule has 4 nitrogen and oxygen atoms in total. The first-order valence-electron chi connectivity index (χ1n) is 5.99. The Morgan fingerprint density at radius 2 is 2.22 bits per heavy atom. The lowest BCUT2D eigenvalue weighted by Crippen LogP contribution is -2.47. The maximum atomic E-state index is 11.9. The molecule has 0 saturated carbocycles. The molecule has 0 aliphatic carbocycles. The number of hydrogen-bond acceptors (Lipinski definition) is 3. The first-order valence-corrected chi connectivity index (χ1v) is 5.99. The third-order valence-electron chi connectivity index (χ3n) is 3.11. The maximum Gasteiger partial charge on any atom is 0.224 e. The summed E-state index contributed by atoms with van der Waals surface area (Å²) in [6.07, 6.45) is 1.19. The van der Waals surface area contributed by atoms with Gasteiger partial charge in [-0.2, -0.15) is 5.26 Å². The highest BCUT2D eigenvalue weighted by Crippen LogP contribution is 2.17. The summed E-state index contributed by atoms with van der Waals surface area (Å²) in [5.41, 5.74) is 1.29. The van der Waals surface area contributed by atoms with Gasteiger partial charge in [0, 0.05) is 6.61 Å². The van der Waals surface area contributed by atoms with Crippen LogP contribution in [0.5, 0.6) is 0 Å². The van der Waals surface area contributed by atoms with Crippen molar-refractivity contribution >= 4 is 5.91 Å². The van der Waals surface area contributed by atoms with Crippen molar-refractivity contribution < 1.29 is 9.53 Å². The number of nitrogens with one attached hydrogen (secondary N) is 1. The molecule has 0 aromatic heterocycles. The molecule has 2 rings (SSSR count). The number of ether oxygens (including phenoxy) is 1. The topological polar surface area (TPSA) is 62.1 Å². The summed E-state index contributed by atoms with van der Waals surface area (Å²) < 4.78 is 5.29. The zero-order chi connectivity index (χ0) is 13.0.